The van der Waals surface area contributed by atoms with Gasteiger partial charge in [-0.2, -0.15) is 0 Å². The highest BCUT2D eigenvalue weighted by Gasteiger charge is 2.20. The monoisotopic (exact) mass is 374 g/mol. The van der Waals surface area contributed by atoms with Gasteiger partial charge in [0.1, 0.15) is 0 Å². The van der Waals surface area contributed by atoms with Crippen molar-refractivity contribution in [3.05, 3.63) is 29.8 Å². The number of anilines is 1. The molecule has 8 heteroatoms. The maximum atomic E-state index is 12.2. The van der Waals surface area contributed by atoms with Crippen molar-refractivity contribution in [2.24, 2.45) is 0 Å². The lowest BCUT2D eigenvalue weighted by Crippen LogP contribution is -2.47. The van der Waals surface area contributed by atoms with E-state index in [0.717, 1.165) is 25.1 Å². The molecule has 27 heavy (non-hydrogen) atoms. The van der Waals surface area contributed by atoms with E-state index in [1.54, 1.807) is 4.90 Å². The summed E-state index contributed by atoms with van der Waals surface area (Å²) in [6.07, 6.45) is 2.19. The molecule has 1 fully saturated rings. The van der Waals surface area contributed by atoms with Crippen LogP contribution < -0.4 is 15.8 Å². The summed E-state index contributed by atoms with van der Waals surface area (Å²) in [6, 6.07) is 8.05. The smallest absolute Gasteiger partial charge is 0.257 e. The molecular formula is C19H26N4O4. The van der Waals surface area contributed by atoms with Crippen LogP contribution in [0.25, 0.3) is 0 Å². The quantitative estimate of drug-likeness (QED) is 0.720. The Bertz CT molecular complexity index is 688. The molecule has 0 saturated carbocycles. The van der Waals surface area contributed by atoms with Crippen molar-refractivity contribution in [2.45, 2.75) is 25.7 Å². The Morgan fingerprint density at radius 3 is 2.52 bits per heavy atom. The van der Waals surface area contributed by atoms with E-state index >= 15 is 0 Å². The number of hydrogen-bond donors (Lipinski definition) is 2. The van der Waals surface area contributed by atoms with Crippen molar-refractivity contribution >= 4 is 23.4 Å². The number of carbonyl (C=O) groups is 3. The third-order valence-corrected chi connectivity index (χ3v) is 4.81. The standard InChI is InChI=1S/C19H26N4O4/c24-17(7-8-19(26)22-10-12-27-13-11-22)20-21-18(25)14-23-9-3-5-15-4-1-2-6-16(15)23/h1-2,4,6H,3,5,7-14H2,(H,20,24)(H,21,25). The Labute approximate surface area is 158 Å². The number of nitrogens with one attached hydrogen (secondary N) is 2. The summed E-state index contributed by atoms with van der Waals surface area (Å²) in [5.74, 6) is -0.715. The van der Waals surface area contributed by atoms with Gasteiger partial charge in [0, 0.05) is 38.2 Å². The third kappa shape index (κ3) is 5.43. The van der Waals surface area contributed by atoms with E-state index in [1.165, 1.54) is 5.56 Å². The zero-order chi connectivity index (χ0) is 19.1. The number of carbonyl (C=O) groups excluding carboxylic acids is 3. The van der Waals surface area contributed by atoms with Gasteiger partial charge < -0.3 is 14.5 Å². The highest BCUT2D eigenvalue weighted by Crippen LogP contribution is 2.26. The summed E-state index contributed by atoms with van der Waals surface area (Å²) >= 11 is 0. The molecular weight excluding hydrogens is 348 g/mol. The van der Waals surface area contributed by atoms with E-state index in [1.807, 2.05) is 23.1 Å². The minimum atomic E-state index is -0.371. The summed E-state index contributed by atoms with van der Waals surface area (Å²) in [7, 11) is 0. The normalized spacial score (nSPS) is 16.4. The molecule has 8 nitrogen and oxygen atoms in total. The SMILES string of the molecule is O=C(CCC(=O)N1CCOCC1)NNC(=O)CN1CCCc2ccccc21. The second-order valence-corrected chi connectivity index (χ2v) is 6.74. The number of hydrazine groups is 1. The van der Waals surface area contributed by atoms with Crippen LogP contribution in [-0.2, 0) is 25.5 Å². The number of nitrogens with zero attached hydrogens (tertiary/aromatic N) is 2. The van der Waals surface area contributed by atoms with E-state index < -0.39 is 0 Å². The molecule has 0 atom stereocenters. The van der Waals surface area contributed by atoms with Crippen LogP contribution in [0.2, 0.25) is 0 Å². The Morgan fingerprint density at radius 2 is 1.70 bits per heavy atom. The largest absolute Gasteiger partial charge is 0.378 e. The van der Waals surface area contributed by atoms with Crippen LogP contribution >= 0.6 is 0 Å². The molecule has 3 rings (SSSR count). The summed E-state index contributed by atoms with van der Waals surface area (Å²) in [4.78, 5) is 39.8. The van der Waals surface area contributed by atoms with E-state index in [-0.39, 0.29) is 37.1 Å². The van der Waals surface area contributed by atoms with E-state index in [2.05, 4.69) is 16.9 Å². The van der Waals surface area contributed by atoms with Crippen LogP contribution in [0.5, 0.6) is 0 Å². The van der Waals surface area contributed by atoms with Gasteiger partial charge in [-0.1, -0.05) is 18.2 Å². The van der Waals surface area contributed by atoms with Crippen molar-refractivity contribution in [2.75, 3.05) is 44.3 Å². The van der Waals surface area contributed by atoms with Gasteiger partial charge in [0.15, 0.2) is 0 Å². The number of rotatable bonds is 5. The van der Waals surface area contributed by atoms with Crippen LogP contribution in [0.1, 0.15) is 24.8 Å². The minimum Gasteiger partial charge on any atom is -0.378 e. The summed E-state index contributed by atoms with van der Waals surface area (Å²) in [5, 5.41) is 0. The van der Waals surface area contributed by atoms with Crippen LogP contribution in [0, 0.1) is 0 Å². The van der Waals surface area contributed by atoms with Gasteiger partial charge in [0.25, 0.3) is 5.91 Å². The topological polar surface area (TPSA) is 91.0 Å². The van der Waals surface area contributed by atoms with Gasteiger partial charge in [-0.15, -0.1) is 0 Å². The van der Waals surface area contributed by atoms with Crippen molar-refractivity contribution in [3.8, 4) is 0 Å². The minimum absolute atomic E-state index is 0.0447. The molecule has 3 amide bonds. The molecule has 0 aromatic heterocycles. The van der Waals surface area contributed by atoms with Gasteiger partial charge in [-0.25, -0.2) is 0 Å². The summed E-state index contributed by atoms with van der Waals surface area (Å²) in [5.41, 5.74) is 7.14. The zero-order valence-corrected chi connectivity index (χ0v) is 15.4. The second-order valence-electron chi connectivity index (χ2n) is 6.74. The summed E-state index contributed by atoms with van der Waals surface area (Å²) in [6.45, 7) is 3.20. The van der Waals surface area contributed by atoms with E-state index in [0.29, 0.717) is 26.3 Å². The second kappa shape index (κ2) is 9.36. The molecule has 2 heterocycles. The molecule has 0 unspecified atom stereocenters. The highest BCUT2D eigenvalue weighted by atomic mass is 16.5. The molecule has 1 aromatic rings. The van der Waals surface area contributed by atoms with Crippen molar-refractivity contribution < 1.29 is 19.1 Å². The molecule has 1 saturated heterocycles. The Balaban J connectivity index is 1.38. The molecule has 0 spiro atoms. The first-order valence-corrected chi connectivity index (χ1v) is 9.39. The van der Waals surface area contributed by atoms with E-state index in [9.17, 15) is 14.4 Å². The van der Waals surface area contributed by atoms with E-state index in [4.69, 9.17) is 4.74 Å². The number of benzene rings is 1. The van der Waals surface area contributed by atoms with Gasteiger partial charge in [-0.05, 0) is 24.5 Å². The first kappa shape index (κ1) is 19.2. The number of morpholine rings is 1. The molecule has 0 bridgehead atoms. The lowest BCUT2D eigenvalue weighted by Gasteiger charge is -2.30. The van der Waals surface area contributed by atoms with Crippen molar-refractivity contribution in [1.82, 2.24) is 15.8 Å². The Hall–Kier alpha value is -2.61. The number of aryl methyl sites for hydroxylation is 1. The molecule has 2 aliphatic heterocycles. The number of ether oxygens (including phenoxy) is 1. The number of para-hydroxylation sites is 1. The average molecular weight is 374 g/mol. The van der Waals surface area contributed by atoms with Crippen molar-refractivity contribution in [1.29, 1.82) is 0 Å². The number of fused-ring (bicyclic) bond motifs is 1. The van der Waals surface area contributed by atoms with Gasteiger partial charge in [0.2, 0.25) is 11.8 Å². The van der Waals surface area contributed by atoms with Crippen LogP contribution in [0.4, 0.5) is 5.69 Å². The first-order valence-electron chi connectivity index (χ1n) is 9.39. The van der Waals surface area contributed by atoms with Gasteiger partial charge in [-0.3, -0.25) is 25.2 Å². The molecule has 2 N–H and O–H groups in total. The van der Waals surface area contributed by atoms with Crippen LogP contribution in [-0.4, -0.2) is 62.0 Å². The third-order valence-electron chi connectivity index (χ3n) is 4.81. The number of amides is 3. The molecule has 0 aliphatic carbocycles. The fourth-order valence-corrected chi connectivity index (χ4v) is 3.38. The fraction of sp³-hybridized carbons (Fsp3) is 0.526. The first-order chi connectivity index (χ1) is 13.1. The lowest BCUT2D eigenvalue weighted by molar-refractivity contribution is -0.137. The maximum Gasteiger partial charge on any atom is 0.257 e. The maximum absolute atomic E-state index is 12.2. The van der Waals surface area contributed by atoms with Gasteiger partial charge >= 0.3 is 0 Å². The average Bonchev–Trinajstić information content (AvgIpc) is 2.71. The molecule has 0 radical (unpaired) electrons. The Kier molecular flexibility index (Phi) is 6.64. The molecule has 1 aromatic carbocycles. The molecule has 2 aliphatic rings. The van der Waals surface area contributed by atoms with Crippen molar-refractivity contribution in [3.63, 3.8) is 0 Å². The predicted octanol–water partition coefficient (Wildman–Crippen LogP) is 0.226. The summed E-state index contributed by atoms with van der Waals surface area (Å²) < 4.78 is 5.20. The lowest BCUT2D eigenvalue weighted by atomic mass is 10.0. The Morgan fingerprint density at radius 1 is 0.963 bits per heavy atom. The van der Waals surface area contributed by atoms with Crippen LogP contribution in [0.3, 0.4) is 0 Å². The fourth-order valence-electron chi connectivity index (χ4n) is 3.38. The van der Waals surface area contributed by atoms with Crippen LogP contribution in [0.15, 0.2) is 24.3 Å². The van der Waals surface area contributed by atoms with Gasteiger partial charge in [0.05, 0.1) is 19.8 Å². The zero-order valence-electron chi connectivity index (χ0n) is 15.4. The highest BCUT2D eigenvalue weighted by molar-refractivity contribution is 5.87. The molecule has 146 valence electrons. The number of hydrogen-bond acceptors (Lipinski definition) is 5. The predicted molar refractivity (Wildman–Crippen MR) is 99.9 cm³/mol.